The largest absolute Gasteiger partial charge is 0.481 e. The van der Waals surface area contributed by atoms with E-state index in [0.29, 0.717) is 13.0 Å². The Morgan fingerprint density at radius 2 is 1.88 bits per heavy atom. The molecule has 1 aromatic rings. The van der Waals surface area contributed by atoms with Gasteiger partial charge in [-0.1, -0.05) is 30.7 Å². The third-order valence-corrected chi connectivity index (χ3v) is 4.87. The Balaban J connectivity index is 2.28. The number of carboxylic acid groups (broad SMARTS) is 1. The predicted molar refractivity (Wildman–Crippen MR) is 94.4 cm³/mol. The zero-order valence-corrected chi connectivity index (χ0v) is 15.3. The Bertz CT molecular complexity index is 653. The van der Waals surface area contributed by atoms with Gasteiger partial charge in [-0.05, 0) is 36.3 Å². The van der Waals surface area contributed by atoms with Crippen molar-refractivity contribution in [3.8, 4) is 0 Å². The highest BCUT2D eigenvalue weighted by Gasteiger charge is 2.38. The zero-order chi connectivity index (χ0) is 19.1. The summed E-state index contributed by atoms with van der Waals surface area (Å²) in [6, 6.07) is 7.50. The van der Waals surface area contributed by atoms with Gasteiger partial charge >= 0.3 is 17.9 Å². The number of carbonyl (C=O) groups excluding carboxylic acids is 2. The lowest BCUT2D eigenvalue weighted by Gasteiger charge is -2.30. The molecule has 6 heteroatoms. The van der Waals surface area contributed by atoms with Crippen LogP contribution >= 0.6 is 0 Å². The molecule has 0 amide bonds. The van der Waals surface area contributed by atoms with Crippen LogP contribution in [0.1, 0.15) is 56.8 Å². The van der Waals surface area contributed by atoms with Crippen molar-refractivity contribution in [1.29, 1.82) is 0 Å². The molecule has 0 aromatic heterocycles. The molecule has 2 rings (SSSR count). The molecule has 1 aromatic carbocycles. The second-order valence-corrected chi connectivity index (χ2v) is 6.78. The second-order valence-electron chi connectivity index (χ2n) is 6.78. The Labute approximate surface area is 153 Å². The molecular formula is C20H26O6. The molecule has 0 saturated heterocycles. The normalized spacial score (nSPS) is 20.4. The molecule has 142 valence electrons. The number of carboxylic acids is 1. The Hall–Kier alpha value is -2.37. The molecule has 6 nitrogen and oxygen atoms in total. The minimum atomic E-state index is -0.863. The van der Waals surface area contributed by atoms with E-state index in [9.17, 15) is 14.4 Å². The van der Waals surface area contributed by atoms with Gasteiger partial charge in [-0.15, -0.1) is 0 Å². The maximum Gasteiger partial charge on any atom is 0.303 e. The van der Waals surface area contributed by atoms with Crippen molar-refractivity contribution in [2.24, 2.45) is 11.8 Å². The van der Waals surface area contributed by atoms with Crippen LogP contribution in [0.15, 0.2) is 24.3 Å². The van der Waals surface area contributed by atoms with E-state index in [2.05, 4.69) is 0 Å². The van der Waals surface area contributed by atoms with Crippen molar-refractivity contribution in [2.45, 2.75) is 52.1 Å². The van der Waals surface area contributed by atoms with Crippen LogP contribution in [0, 0.1) is 11.8 Å². The van der Waals surface area contributed by atoms with E-state index in [1.165, 1.54) is 13.8 Å². The topological polar surface area (TPSA) is 89.9 Å². The molecule has 1 fully saturated rings. The fraction of sp³-hybridized carbons (Fsp3) is 0.550. The van der Waals surface area contributed by atoms with Gasteiger partial charge in [-0.2, -0.15) is 0 Å². The SMILES string of the molecule is CC(=O)OCC1CCCC1C(OC(C)=O)c1ccccc1CCC(=O)O. The average molecular weight is 362 g/mol. The molecule has 1 aliphatic carbocycles. The first-order chi connectivity index (χ1) is 12.4. The van der Waals surface area contributed by atoms with E-state index in [0.717, 1.165) is 30.4 Å². The maximum atomic E-state index is 11.7. The second kappa shape index (κ2) is 9.36. The molecule has 0 bridgehead atoms. The number of hydrogen-bond acceptors (Lipinski definition) is 5. The monoisotopic (exact) mass is 362 g/mol. The molecule has 3 unspecified atom stereocenters. The minimum Gasteiger partial charge on any atom is -0.481 e. The van der Waals surface area contributed by atoms with Crippen LogP contribution in [0.25, 0.3) is 0 Å². The highest BCUT2D eigenvalue weighted by molar-refractivity contribution is 5.67. The lowest BCUT2D eigenvalue weighted by atomic mass is 9.84. The summed E-state index contributed by atoms with van der Waals surface area (Å²) in [7, 11) is 0. The van der Waals surface area contributed by atoms with Crippen LogP contribution in [-0.2, 0) is 30.3 Å². The third-order valence-electron chi connectivity index (χ3n) is 4.87. The van der Waals surface area contributed by atoms with E-state index in [1.807, 2.05) is 24.3 Å². The summed E-state index contributed by atoms with van der Waals surface area (Å²) in [6.07, 6.45) is 2.70. The molecule has 0 aliphatic heterocycles. The molecule has 1 aliphatic rings. The maximum absolute atomic E-state index is 11.7. The molecule has 0 spiro atoms. The van der Waals surface area contributed by atoms with E-state index in [-0.39, 0.29) is 30.2 Å². The fourth-order valence-corrected chi connectivity index (χ4v) is 3.74. The summed E-state index contributed by atoms with van der Waals surface area (Å²) in [5, 5.41) is 8.99. The fourth-order valence-electron chi connectivity index (χ4n) is 3.74. The number of aliphatic carboxylic acids is 1. The van der Waals surface area contributed by atoms with Crippen LogP contribution < -0.4 is 0 Å². The third kappa shape index (κ3) is 5.58. The number of esters is 2. The molecule has 3 atom stereocenters. The molecule has 0 heterocycles. The first-order valence-electron chi connectivity index (χ1n) is 8.98. The first-order valence-corrected chi connectivity index (χ1v) is 8.98. The number of ether oxygens (including phenoxy) is 2. The lowest BCUT2D eigenvalue weighted by molar-refractivity contribution is -0.153. The Morgan fingerprint density at radius 1 is 1.15 bits per heavy atom. The highest BCUT2D eigenvalue weighted by atomic mass is 16.5. The molecule has 26 heavy (non-hydrogen) atoms. The molecule has 1 N–H and O–H groups in total. The van der Waals surface area contributed by atoms with E-state index in [1.54, 1.807) is 0 Å². The first kappa shape index (κ1) is 19.9. The van der Waals surface area contributed by atoms with Crippen LogP contribution in [-0.4, -0.2) is 29.6 Å². The van der Waals surface area contributed by atoms with Gasteiger partial charge in [0, 0.05) is 26.2 Å². The van der Waals surface area contributed by atoms with Crippen LogP contribution in [0.4, 0.5) is 0 Å². The van der Waals surface area contributed by atoms with Gasteiger partial charge in [0.2, 0.25) is 0 Å². The summed E-state index contributed by atoms with van der Waals surface area (Å²) < 4.78 is 10.9. The summed E-state index contributed by atoms with van der Waals surface area (Å²) in [4.78, 5) is 33.9. The van der Waals surface area contributed by atoms with E-state index < -0.39 is 12.1 Å². The Morgan fingerprint density at radius 3 is 2.54 bits per heavy atom. The summed E-state index contributed by atoms with van der Waals surface area (Å²) in [5.41, 5.74) is 1.72. The smallest absolute Gasteiger partial charge is 0.303 e. The van der Waals surface area contributed by atoms with Gasteiger partial charge in [-0.25, -0.2) is 0 Å². The van der Waals surface area contributed by atoms with Crippen LogP contribution in [0.3, 0.4) is 0 Å². The molecule has 0 radical (unpaired) electrons. The van der Waals surface area contributed by atoms with Crippen molar-refractivity contribution in [3.05, 3.63) is 35.4 Å². The van der Waals surface area contributed by atoms with Gasteiger partial charge in [0.1, 0.15) is 6.10 Å². The zero-order valence-electron chi connectivity index (χ0n) is 15.3. The van der Waals surface area contributed by atoms with E-state index in [4.69, 9.17) is 14.6 Å². The lowest BCUT2D eigenvalue weighted by Crippen LogP contribution is -2.26. The predicted octanol–water partition coefficient (Wildman–Crippen LogP) is 3.29. The molecular weight excluding hydrogens is 336 g/mol. The van der Waals surface area contributed by atoms with Crippen molar-refractivity contribution >= 4 is 17.9 Å². The number of hydrogen-bond donors (Lipinski definition) is 1. The van der Waals surface area contributed by atoms with Crippen molar-refractivity contribution in [1.82, 2.24) is 0 Å². The standard InChI is InChI=1S/C20H26O6/c1-13(21)25-12-16-7-5-9-18(16)20(26-14(2)22)17-8-4-3-6-15(17)10-11-19(23)24/h3-4,6,8,16,18,20H,5,7,9-12H2,1-2H3,(H,23,24). The van der Waals surface area contributed by atoms with E-state index >= 15 is 0 Å². The molecule has 1 saturated carbocycles. The van der Waals surface area contributed by atoms with Gasteiger partial charge in [0.05, 0.1) is 6.61 Å². The van der Waals surface area contributed by atoms with Gasteiger partial charge in [-0.3, -0.25) is 14.4 Å². The average Bonchev–Trinajstić information content (AvgIpc) is 3.04. The number of benzene rings is 1. The van der Waals surface area contributed by atoms with Crippen molar-refractivity contribution < 1.29 is 29.0 Å². The van der Waals surface area contributed by atoms with Gasteiger partial charge in [0.15, 0.2) is 0 Å². The minimum absolute atomic E-state index is 0.0192. The van der Waals surface area contributed by atoms with Crippen molar-refractivity contribution in [2.75, 3.05) is 6.61 Å². The van der Waals surface area contributed by atoms with Gasteiger partial charge in [0.25, 0.3) is 0 Å². The van der Waals surface area contributed by atoms with Crippen molar-refractivity contribution in [3.63, 3.8) is 0 Å². The number of carbonyl (C=O) groups is 3. The van der Waals surface area contributed by atoms with Crippen LogP contribution in [0.5, 0.6) is 0 Å². The summed E-state index contributed by atoms with van der Waals surface area (Å²) >= 11 is 0. The highest BCUT2D eigenvalue weighted by Crippen LogP contribution is 2.43. The quantitative estimate of drug-likeness (QED) is 0.714. The Kier molecular flexibility index (Phi) is 7.18. The summed E-state index contributed by atoms with van der Waals surface area (Å²) in [6.45, 7) is 3.08. The van der Waals surface area contributed by atoms with Gasteiger partial charge < -0.3 is 14.6 Å². The summed E-state index contributed by atoms with van der Waals surface area (Å²) in [5.74, 6) is -1.39. The number of rotatable bonds is 8. The van der Waals surface area contributed by atoms with Crippen LogP contribution in [0.2, 0.25) is 0 Å². The number of aryl methyl sites for hydroxylation is 1.